The minimum atomic E-state index is 0.734. The highest BCUT2D eigenvalue weighted by Crippen LogP contribution is 2.59. The van der Waals surface area contributed by atoms with Gasteiger partial charge in [0, 0.05) is 0 Å². The molecule has 21 heavy (non-hydrogen) atoms. The normalized spacial score (nSPS) is 24.0. The van der Waals surface area contributed by atoms with E-state index in [4.69, 9.17) is 0 Å². The van der Waals surface area contributed by atoms with Crippen LogP contribution in [-0.2, 0) is 0 Å². The van der Waals surface area contributed by atoms with Crippen LogP contribution < -0.4 is 5.32 Å². The molecule has 0 bridgehead atoms. The summed E-state index contributed by atoms with van der Waals surface area (Å²) < 4.78 is 0. The molecule has 1 heteroatoms. The second-order valence-corrected chi connectivity index (χ2v) is 6.13. The van der Waals surface area contributed by atoms with E-state index in [0.717, 1.165) is 24.8 Å². The number of hydrogen-bond acceptors (Lipinski definition) is 1. The molecule has 1 fully saturated rings. The average Bonchev–Trinajstić information content (AvgIpc) is 3.32. The van der Waals surface area contributed by atoms with E-state index >= 15 is 0 Å². The largest absolute Gasteiger partial charge is 0.319 e. The first-order valence-electron chi connectivity index (χ1n) is 7.93. The Bertz CT molecular complexity index is 645. The Morgan fingerprint density at radius 3 is 2.10 bits per heavy atom. The van der Waals surface area contributed by atoms with Crippen LogP contribution in [0.4, 0.5) is 0 Å². The van der Waals surface area contributed by atoms with Crippen molar-refractivity contribution in [1.29, 1.82) is 0 Å². The zero-order valence-electron chi connectivity index (χ0n) is 12.5. The van der Waals surface area contributed by atoms with Gasteiger partial charge in [-0.15, -0.1) is 0 Å². The summed E-state index contributed by atoms with van der Waals surface area (Å²) in [6.07, 6.45) is 4.81. The molecule has 4 rings (SSSR count). The van der Waals surface area contributed by atoms with Gasteiger partial charge in [-0.05, 0) is 66.1 Å². The van der Waals surface area contributed by atoms with Gasteiger partial charge in [0.15, 0.2) is 0 Å². The smallest absolute Gasteiger partial charge is 0.00169 e. The highest BCUT2D eigenvalue weighted by Gasteiger charge is 2.44. The lowest BCUT2D eigenvalue weighted by Gasteiger charge is -2.13. The Morgan fingerprint density at radius 2 is 1.52 bits per heavy atom. The molecule has 0 aliphatic heterocycles. The molecule has 0 unspecified atom stereocenters. The Kier molecular flexibility index (Phi) is 3.16. The number of hydrogen-bond donors (Lipinski definition) is 1. The predicted octanol–water partition coefficient (Wildman–Crippen LogP) is 4.31. The van der Waals surface area contributed by atoms with Crippen LogP contribution in [0.1, 0.15) is 46.9 Å². The molecule has 0 spiro atoms. The highest BCUT2D eigenvalue weighted by atomic mass is 14.8. The molecule has 106 valence electrons. The zero-order valence-corrected chi connectivity index (χ0v) is 12.5. The van der Waals surface area contributed by atoms with E-state index in [2.05, 4.69) is 59.9 Å². The minimum absolute atomic E-state index is 0.734. The van der Waals surface area contributed by atoms with Gasteiger partial charge in [-0.2, -0.15) is 0 Å². The minimum Gasteiger partial charge on any atom is -0.319 e. The Balaban J connectivity index is 1.89. The van der Waals surface area contributed by atoms with Crippen molar-refractivity contribution in [3.63, 3.8) is 0 Å². The summed E-state index contributed by atoms with van der Waals surface area (Å²) in [5.74, 6) is 1.47. The Labute approximate surface area is 126 Å². The fourth-order valence-corrected chi connectivity index (χ4v) is 3.74. The van der Waals surface area contributed by atoms with Crippen molar-refractivity contribution in [1.82, 2.24) is 5.32 Å². The fourth-order valence-electron chi connectivity index (χ4n) is 3.74. The molecule has 2 atom stereocenters. The lowest BCUT2D eigenvalue weighted by molar-refractivity contribution is 0.808. The van der Waals surface area contributed by atoms with Gasteiger partial charge >= 0.3 is 0 Å². The SMILES string of the molecule is CNCCC=C1c2ccccc2[C@H]2C[C@H]2c2ccccc21. The molecule has 2 aliphatic rings. The maximum absolute atomic E-state index is 3.24. The molecule has 0 amide bonds. The van der Waals surface area contributed by atoms with Gasteiger partial charge in [0.25, 0.3) is 0 Å². The topological polar surface area (TPSA) is 12.0 Å². The third-order valence-corrected chi connectivity index (χ3v) is 4.83. The van der Waals surface area contributed by atoms with Crippen molar-refractivity contribution in [3.8, 4) is 0 Å². The molecular weight excluding hydrogens is 254 g/mol. The van der Waals surface area contributed by atoms with E-state index in [0.29, 0.717) is 0 Å². The van der Waals surface area contributed by atoms with Crippen molar-refractivity contribution in [2.75, 3.05) is 13.6 Å². The van der Waals surface area contributed by atoms with Crippen LogP contribution >= 0.6 is 0 Å². The standard InChI is InChI=1S/C20H21N/c1-21-12-6-11-16-14-7-2-4-9-17(14)19-13-20(19)18-10-5-3-8-15(16)18/h2-5,7-11,19-21H,6,12-13H2,1H3/t19-,20+. The summed E-state index contributed by atoms with van der Waals surface area (Å²) in [5.41, 5.74) is 7.43. The van der Waals surface area contributed by atoms with Crippen molar-refractivity contribution in [2.24, 2.45) is 0 Å². The van der Waals surface area contributed by atoms with Gasteiger partial charge in [0.05, 0.1) is 0 Å². The molecule has 2 aromatic carbocycles. The maximum Gasteiger partial charge on any atom is -0.00169 e. The summed E-state index contributed by atoms with van der Waals surface area (Å²) in [6, 6.07) is 18.0. The molecule has 0 heterocycles. The van der Waals surface area contributed by atoms with Crippen molar-refractivity contribution >= 4 is 5.57 Å². The summed E-state index contributed by atoms with van der Waals surface area (Å²) in [5, 5.41) is 3.24. The molecule has 1 saturated carbocycles. The second kappa shape index (κ2) is 5.16. The number of nitrogens with one attached hydrogen (secondary N) is 1. The maximum atomic E-state index is 3.24. The summed E-state index contributed by atoms with van der Waals surface area (Å²) in [4.78, 5) is 0. The van der Waals surface area contributed by atoms with Crippen molar-refractivity contribution in [2.45, 2.75) is 24.7 Å². The molecule has 1 N–H and O–H groups in total. The Hall–Kier alpha value is -1.86. The van der Waals surface area contributed by atoms with E-state index in [1.165, 1.54) is 23.1 Å². The van der Waals surface area contributed by atoms with Gasteiger partial charge < -0.3 is 5.32 Å². The molecule has 2 aliphatic carbocycles. The number of rotatable bonds is 3. The zero-order chi connectivity index (χ0) is 14.2. The quantitative estimate of drug-likeness (QED) is 0.823. The third-order valence-electron chi connectivity index (χ3n) is 4.83. The molecule has 0 radical (unpaired) electrons. The van der Waals surface area contributed by atoms with Gasteiger partial charge in [0.1, 0.15) is 0 Å². The second-order valence-electron chi connectivity index (χ2n) is 6.13. The van der Waals surface area contributed by atoms with E-state index in [1.807, 2.05) is 7.05 Å². The first-order chi connectivity index (χ1) is 10.4. The molecular formula is C20H21N. The van der Waals surface area contributed by atoms with Crippen LogP contribution in [0.2, 0.25) is 0 Å². The molecule has 0 saturated heterocycles. The first-order valence-corrected chi connectivity index (χ1v) is 7.93. The van der Waals surface area contributed by atoms with Crippen LogP contribution in [0.15, 0.2) is 54.6 Å². The van der Waals surface area contributed by atoms with Gasteiger partial charge in [0.2, 0.25) is 0 Å². The average molecular weight is 275 g/mol. The Morgan fingerprint density at radius 1 is 0.952 bits per heavy atom. The van der Waals surface area contributed by atoms with Crippen LogP contribution in [0, 0.1) is 0 Å². The van der Waals surface area contributed by atoms with Gasteiger partial charge in [-0.1, -0.05) is 54.6 Å². The predicted molar refractivity (Wildman–Crippen MR) is 88.6 cm³/mol. The summed E-state index contributed by atoms with van der Waals surface area (Å²) >= 11 is 0. The lowest BCUT2D eigenvalue weighted by atomic mass is 9.91. The van der Waals surface area contributed by atoms with Crippen LogP contribution in [-0.4, -0.2) is 13.6 Å². The summed E-state index contributed by atoms with van der Waals surface area (Å²) in [6.45, 7) is 1.03. The van der Waals surface area contributed by atoms with E-state index < -0.39 is 0 Å². The summed E-state index contributed by atoms with van der Waals surface area (Å²) in [7, 11) is 2.02. The van der Waals surface area contributed by atoms with Gasteiger partial charge in [-0.3, -0.25) is 0 Å². The van der Waals surface area contributed by atoms with E-state index in [9.17, 15) is 0 Å². The highest BCUT2D eigenvalue weighted by molar-refractivity contribution is 5.85. The van der Waals surface area contributed by atoms with Crippen LogP contribution in [0.25, 0.3) is 5.57 Å². The molecule has 1 nitrogen and oxygen atoms in total. The monoisotopic (exact) mass is 275 g/mol. The first kappa shape index (κ1) is 12.8. The van der Waals surface area contributed by atoms with Crippen molar-refractivity contribution in [3.05, 3.63) is 76.9 Å². The lowest BCUT2D eigenvalue weighted by Crippen LogP contribution is -2.06. The van der Waals surface area contributed by atoms with Crippen molar-refractivity contribution < 1.29 is 0 Å². The molecule has 2 aromatic rings. The van der Waals surface area contributed by atoms with Crippen LogP contribution in [0.5, 0.6) is 0 Å². The molecule has 0 aromatic heterocycles. The van der Waals surface area contributed by atoms with E-state index in [-0.39, 0.29) is 0 Å². The van der Waals surface area contributed by atoms with Gasteiger partial charge in [-0.25, -0.2) is 0 Å². The fraction of sp³-hybridized carbons (Fsp3) is 0.300. The number of benzene rings is 2. The van der Waals surface area contributed by atoms with E-state index in [1.54, 1.807) is 11.1 Å². The van der Waals surface area contributed by atoms with Crippen LogP contribution in [0.3, 0.4) is 0 Å². The third kappa shape index (κ3) is 2.13. The number of fused-ring (bicyclic) bond motifs is 5.